The van der Waals surface area contributed by atoms with E-state index in [-0.39, 0.29) is 24.4 Å². The van der Waals surface area contributed by atoms with Gasteiger partial charge in [0.05, 0.1) is 6.04 Å². The Kier molecular flexibility index (Phi) is 9.66. The molecule has 0 aliphatic carbocycles. The lowest BCUT2D eigenvalue weighted by atomic mass is 10.1. The van der Waals surface area contributed by atoms with Gasteiger partial charge in [-0.1, -0.05) is 36.2 Å². The Balaban J connectivity index is 0.00000324. The van der Waals surface area contributed by atoms with Crippen molar-refractivity contribution in [2.75, 3.05) is 6.54 Å². The van der Waals surface area contributed by atoms with Gasteiger partial charge in [-0.05, 0) is 37.9 Å². The van der Waals surface area contributed by atoms with Crippen molar-refractivity contribution in [1.29, 1.82) is 0 Å². The van der Waals surface area contributed by atoms with Crippen molar-refractivity contribution in [3.8, 4) is 0 Å². The summed E-state index contributed by atoms with van der Waals surface area (Å²) in [5.74, 6) is 0.0689. The Morgan fingerprint density at radius 2 is 2.00 bits per heavy atom. The van der Waals surface area contributed by atoms with Gasteiger partial charge in [-0.3, -0.25) is 4.79 Å². The first-order chi connectivity index (χ1) is 8.65. The van der Waals surface area contributed by atoms with Crippen LogP contribution in [0.1, 0.15) is 44.2 Å². The van der Waals surface area contributed by atoms with E-state index in [0.29, 0.717) is 18.0 Å². The molecule has 0 fully saturated rings. The molecule has 1 amide bonds. The van der Waals surface area contributed by atoms with Gasteiger partial charge >= 0.3 is 0 Å². The summed E-state index contributed by atoms with van der Waals surface area (Å²) in [4.78, 5) is 11.7. The van der Waals surface area contributed by atoms with Gasteiger partial charge in [0.15, 0.2) is 0 Å². The van der Waals surface area contributed by atoms with Crippen LogP contribution >= 0.6 is 24.0 Å². The highest BCUT2D eigenvalue weighted by molar-refractivity contribution is 6.31. The fraction of sp³-hybridized carbons (Fsp3) is 0.500. The number of nitrogens with one attached hydrogen (secondary N) is 1. The van der Waals surface area contributed by atoms with Crippen LogP contribution in [0, 0.1) is 0 Å². The highest BCUT2D eigenvalue weighted by Gasteiger charge is 2.11. The number of hydrogen-bond donors (Lipinski definition) is 2. The lowest BCUT2D eigenvalue weighted by molar-refractivity contribution is -0.121. The summed E-state index contributed by atoms with van der Waals surface area (Å²) >= 11 is 6.08. The summed E-state index contributed by atoms with van der Waals surface area (Å²) in [6.45, 7) is 2.64. The Morgan fingerprint density at radius 1 is 1.32 bits per heavy atom. The van der Waals surface area contributed by atoms with Crippen molar-refractivity contribution >= 4 is 29.9 Å². The summed E-state index contributed by atoms with van der Waals surface area (Å²) < 4.78 is 0. The Hall–Kier alpha value is -0.770. The maximum absolute atomic E-state index is 11.7. The molecule has 0 saturated carbocycles. The van der Waals surface area contributed by atoms with Crippen molar-refractivity contribution < 1.29 is 4.79 Å². The molecular formula is C14H22Cl2N2O. The number of rotatable bonds is 7. The molecule has 1 atom stereocenters. The van der Waals surface area contributed by atoms with Crippen LogP contribution in [0.5, 0.6) is 0 Å². The van der Waals surface area contributed by atoms with E-state index in [2.05, 4.69) is 5.32 Å². The van der Waals surface area contributed by atoms with Crippen LogP contribution in [0.2, 0.25) is 5.02 Å². The second kappa shape index (κ2) is 10.1. The predicted molar refractivity (Wildman–Crippen MR) is 82.8 cm³/mol. The summed E-state index contributed by atoms with van der Waals surface area (Å²) in [7, 11) is 0. The fourth-order valence-electron chi connectivity index (χ4n) is 1.82. The zero-order valence-electron chi connectivity index (χ0n) is 11.2. The molecule has 1 aromatic rings. The molecule has 0 radical (unpaired) electrons. The molecule has 1 rings (SSSR count). The van der Waals surface area contributed by atoms with Gasteiger partial charge in [0.2, 0.25) is 5.91 Å². The number of nitrogens with two attached hydrogens (primary N) is 1. The first-order valence-electron chi connectivity index (χ1n) is 6.39. The summed E-state index contributed by atoms with van der Waals surface area (Å²) in [5.41, 5.74) is 6.36. The minimum Gasteiger partial charge on any atom is -0.350 e. The number of amides is 1. The lowest BCUT2D eigenvalue weighted by Crippen LogP contribution is -2.26. The second-order valence-electron chi connectivity index (χ2n) is 4.41. The largest absolute Gasteiger partial charge is 0.350 e. The number of hydrogen-bond acceptors (Lipinski definition) is 2. The Bertz CT molecular complexity index is 385. The molecule has 0 aliphatic rings. The van der Waals surface area contributed by atoms with E-state index in [0.717, 1.165) is 24.8 Å². The first kappa shape index (κ1) is 18.2. The van der Waals surface area contributed by atoms with Gasteiger partial charge in [0.25, 0.3) is 0 Å². The molecule has 3 nitrogen and oxygen atoms in total. The van der Waals surface area contributed by atoms with Crippen molar-refractivity contribution in [1.82, 2.24) is 5.32 Å². The van der Waals surface area contributed by atoms with E-state index in [1.165, 1.54) is 0 Å². The van der Waals surface area contributed by atoms with Gasteiger partial charge in [-0.25, -0.2) is 0 Å². The van der Waals surface area contributed by atoms with Crippen molar-refractivity contribution in [3.63, 3.8) is 0 Å². The topological polar surface area (TPSA) is 55.1 Å². The summed E-state index contributed by atoms with van der Waals surface area (Å²) in [5, 5.41) is 3.65. The van der Waals surface area contributed by atoms with Crippen LogP contribution in [-0.4, -0.2) is 12.5 Å². The fourth-order valence-corrected chi connectivity index (χ4v) is 2.12. The quantitative estimate of drug-likeness (QED) is 0.758. The van der Waals surface area contributed by atoms with Crippen LogP contribution in [0.25, 0.3) is 0 Å². The van der Waals surface area contributed by atoms with E-state index >= 15 is 0 Å². The number of benzene rings is 1. The van der Waals surface area contributed by atoms with Crippen LogP contribution in [0.3, 0.4) is 0 Å². The molecule has 1 aromatic carbocycles. The molecule has 108 valence electrons. The normalized spacial score (nSPS) is 11.5. The van der Waals surface area contributed by atoms with Gasteiger partial charge in [0.1, 0.15) is 0 Å². The zero-order valence-corrected chi connectivity index (χ0v) is 12.8. The maximum atomic E-state index is 11.7. The molecular weight excluding hydrogens is 283 g/mol. The standard InChI is InChI=1S/C14H21ClN2O.ClH/c1-11(12-7-4-5-8-13(12)15)17-14(18)9-3-2-6-10-16;/h4-5,7-8,11H,2-3,6,9-10,16H2,1H3,(H,17,18);1H. The predicted octanol–water partition coefficient (Wildman–Crippen LogP) is 3.46. The molecule has 19 heavy (non-hydrogen) atoms. The van der Waals surface area contributed by atoms with Gasteiger partial charge in [-0.2, -0.15) is 0 Å². The molecule has 0 aromatic heterocycles. The number of carbonyl (C=O) groups is 1. The van der Waals surface area contributed by atoms with Crippen LogP contribution < -0.4 is 11.1 Å². The Morgan fingerprint density at radius 3 is 2.63 bits per heavy atom. The molecule has 5 heteroatoms. The molecule has 0 aliphatic heterocycles. The first-order valence-corrected chi connectivity index (χ1v) is 6.76. The molecule has 3 N–H and O–H groups in total. The van der Waals surface area contributed by atoms with E-state index in [1.54, 1.807) is 0 Å². The van der Waals surface area contributed by atoms with Crippen LogP contribution in [0.4, 0.5) is 0 Å². The van der Waals surface area contributed by atoms with Gasteiger partial charge < -0.3 is 11.1 Å². The highest BCUT2D eigenvalue weighted by Crippen LogP contribution is 2.22. The van der Waals surface area contributed by atoms with Crippen LogP contribution in [0.15, 0.2) is 24.3 Å². The smallest absolute Gasteiger partial charge is 0.220 e. The minimum absolute atomic E-state index is 0. The lowest BCUT2D eigenvalue weighted by Gasteiger charge is -2.15. The van der Waals surface area contributed by atoms with Crippen molar-refractivity contribution in [2.24, 2.45) is 5.73 Å². The Labute approximate surface area is 126 Å². The van der Waals surface area contributed by atoms with E-state index in [1.807, 2.05) is 31.2 Å². The SMILES string of the molecule is CC(NC(=O)CCCCCN)c1ccccc1Cl.Cl. The number of unbranched alkanes of at least 4 members (excludes halogenated alkanes) is 2. The van der Waals surface area contributed by atoms with Gasteiger partial charge in [0, 0.05) is 11.4 Å². The third kappa shape index (κ3) is 6.81. The molecule has 1 unspecified atom stereocenters. The minimum atomic E-state index is -0.0549. The average Bonchev–Trinajstić information content (AvgIpc) is 2.35. The summed E-state index contributed by atoms with van der Waals surface area (Å²) in [6, 6.07) is 7.52. The third-order valence-corrected chi connectivity index (χ3v) is 3.20. The zero-order chi connectivity index (χ0) is 13.4. The number of carbonyl (C=O) groups excluding carboxylic acids is 1. The van der Waals surface area contributed by atoms with E-state index in [9.17, 15) is 4.79 Å². The highest BCUT2D eigenvalue weighted by atomic mass is 35.5. The third-order valence-electron chi connectivity index (χ3n) is 2.86. The molecule has 0 saturated heterocycles. The van der Waals surface area contributed by atoms with Crippen molar-refractivity contribution in [2.45, 2.75) is 38.6 Å². The van der Waals surface area contributed by atoms with E-state index in [4.69, 9.17) is 17.3 Å². The van der Waals surface area contributed by atoms with Crippen molar-refractivity contribution in [3.05, 3.63) is 34.9 Å². The average molecular weight is 305 g/mol. The van der Waals surface area contributed by atoms with Gasteiger partial charge in [-0.15, -0.1) is 12.4 Å². The van der Waals surface area contributed by atoms with Crippen LogP contribution in [-0.2, 0) is 4.79 Å². The second-order valence-corrected chi connectivity index (χ2v) is 4.82. The van der Waals surface area contributed by atoms with E-state index < -0.39 is 0 Å². The molecule has 0 heterocycles. The molecule has 0 bridgehead atoms. The number of halogens is 2. The maximum Gasteiger partial charge on any atom is 0.220 e. The molecule has 0 spiro atoms. The summed E-state index contributed by atoms with van der Waals surface area (Å²) in [6.07, 6.45) is 3.42. The monoisotopic (exact) mass is 304 g/mol.